The Morgan fingerprint density at radius 1 is 0.311 bits per heavy atom. The fourth-order valence-corrected chi connectivity index (χ4v) is 12.2. The minimum atomic E-state index is -0.546. The van der Waals surface area contributed by atoms with E-state index in [4.69, 9.17) is 23.7 Å². The third-order valence-electron chi connectivity index (χ3n) is 17.1. The lowest BCUT2D eigenvalue weighted by atomic mass is 9.90. The molecule has 9 rings (SSSR count). The van der Waals surface area contributed by atoms with E-state index >= 15 is 0 Å². The summed E-state index contributed by atoms with van der Waals surface area (Å²) in [7, 11) is 0. The Morgan fingerprint density at radius 2 is 0.534 bits per heavy atom. The molecule has 0 saturated carbocycles. The number of unbranched alkanes of at least 4 members (excludes halogenated alkanes) is 7. The van der Waals surface area contributed by atoms with Gasteiger partial charge in [-0.05, 0) is 178 Å². The van der Waals surface area contributed by atoms with Crippen molar-refractivity contribution in [1.29, 1.82) is 0 Å². The lowest BCUT2D eigenvalue weighted by Gasteiger charge is -2.25. The molecule has 0 atom stereocenters. The molecule has 8 bridgehead atoms. The van der Waals surface area contributed by atoms with Crippen molar-refractivity contribution < 1.29 is 47.7 Å². The molecule has 0 spiro atoms. The average molecular weight is 1400 g/mol. The molecule has 9 amide bonds. The van der Waals surface area contributed by atoms with Crippen molar-refractivity contribution in [2.45, 2.75) is 171 Å². The number of hydrogen-bond donors (Lipinski definition) is 9. The van der Waals surface area contributed by atoms with E-state index in [-0.39, 0.29) is 25.7 Å². The molecular weight excluding hydrogens is 1290 g/mol. The maximum atomic E-state index is 14.4. The largest absolute Gasteiger partial charge is 0.493 e. The highest BCUT2D eigenvalue weighted by Crippen LogP contribution is 2.43. The number of anilines is 8. The fourth-order valence-electron chi connectivity index (χ4n) is 12.2. The number of carbonyl (C=O) groups is 5. The number of amides is 9. The first kappa shape index (κ1) is 76.5. The van der Waals surface area contributed by atoms with Gasteiger partial charge in [0.15, 0.2) is 0 Å². The number of alkyl carbamates (subject to hydrolysis) is 1. The minimum absolute atomic E-state index is 0.183. The molecule has 0 aliphatic heterocycles. The molecule has 103 heavy (non-hydrogen) atoms. The Bertz CT molecular complexity index is 4000. The Kier molecular flexibility index (Phi) is 28.1. The smallest absolute Gasteiger partial charge is 0.407 e. The number of hydrogen-bond acceptors (Lipinski definition) is 10. The van der Waals surface area contributed by atoms with Gasteiger partial charge in [-0.2, -0.15) is 0 Å². The molecule has 0 radical (unpaired) electrons. The maximum Gasteiger partial charge on any atom is 0.407 e. The second kappa shape index (κ2) is 37.8. The van der Waals surface area contributed by atoms with E-state index in [0.29, 0.717) is 165 Å². The number of ether oxygens (including phenoxy) is 5. The first-order valence-electron chi connectivity index (χ1n) is 36.4. The highest BCUT2D eigenvalue weighted by molar-refractivity contribution is 6.02. The summed E-state index contributed by atoms with van der Waals surface area (Å²) < 4.78 is 33.6. The molecule has 19 nitrogen and oxygen atoms in total. The van der Waals surface area contributed by atoms with Crippen LogP contribution >= 0.6 is 0 Å². The summed E-state index contributed by atoms with van der Waals surface area (Å²) in [5.41, 5.74) is 13.7. The molecule has 9 N–H and O–H groups in total. The highest BCUT2D eigenvalue weighted by atomic mass is 16.6. The Morgan fingerprint density at radius 3 is 0.777 bits per heavy atom. The zero-order valence-electron chi connectivity index (χ0n) is 61.6. The van der Waals surface area contributed by atoms with E-state index in [1.165, 1.54) is 0 Å². The number of rotatable bonds is 29. The third-order valence-corrected chi connectivity index (χ3v) is 17.1. The van der Waals surface area contributed by atoms with Crippen LogP contribution in [0.2, 0.25) is 0 Å². The van der Waals surface area contributed by atoms with Crippen LogP contribution < -0.4 is 66.8 Å². The Labute approximate surface area is 607 Å². The van der Waals surface area contributed by atoms with Gasteiger partial charge in [-0.3, -0.25) is 0 Å². The molecule has 19 heteroatoms. The van der Waals surface area contributed by atoms with Crippen molar-refractivity contribution in [3.8, 4) is 23.0 Å². The second-order valence-electron chi connectivity index (χ2n) is 27.6. The number of urea groups is 4. The lowest BCUT2D eigenvalue weighted by molar-refractivity contribution is 0.0526. The molecule has 544 valence electrons. The summed E-state index contributed by atoms with van der Waals surface area (Å²) >= 11 is 0. The normalized spacial score (nSPS) is 11.7. The van der Waals surface area contributed by atoms with Gasteiger partial charge in [-0.1, -0.05) is 130 Å². The summed E-state index contributed by atoms with van der Waals surface area (Å²) in [6.07, 6.45) is 10.1. The highest BCUT2D eigenvalue weighted by Gasteiger charge is 2.27. The van der Waals surface area contributed by atoms with Crippen molar-refractivity contribution in [3.05, 3.63) is 212 Å². The fraction of sp³-hybridized carbons (Fsp3) is 0.369. The maximum absolute atomic E-state index is 14.4. The molecule has 0 fully saturated rings. The number of benzene rings is 8. The van der Waals surface area contributed by atoms with E-state index in [1.54, 1.807) is 0 Å². The monoisotopic (exact) mass is 1400 g/mol. The van der Waals surface area contributed by atoms with E-state index in [0.717, 1.165) is 73.6 Å². The standard InChI is InChI=1S/C84H103N9O10/c1-11-39-99-75-59-43-61-49-72(91-80(95)87-68-32-24-56(5)25-33-68)51-63(76(61)100-40-12-2)45-65-53-74(93-82(97)89-70-36-28-58(7)29-37-70)54-66(78(65)102-42-21-19-17-15-14-16-18-20-38-85-83(98)103-84(8,9)10)46-64-52-73(92-81(96)88-69-34-26-57(6)27-35-69)50-62(77(64)101-41-13-3)44-60(75)48-71(47-59)90-79(94)86-67-30-22-55(4)23-31-67/h22-37,47-54H,11-21,38-46H2,1-10H3,(H,85,98)(H2,86,90,94)(H2,87,91,95)(H2,88,92,96)(H2,89,93,97). The predicted molar refractivity (Wildman–Crippen MR) is 416 cm³/mol. The average Bonchev–Trinajstić information content (AvgIpc) is 0.771. The Hall–Kier alpha value is -10.7. The van der Waals surface area contributed by atoms with Gasteiger partial charge in [0.2, 0.25) is 0 Å². The van der Waals surface area contributed by atoms with Crippen LogP contribution in [0.15, 0.2) is 146 Å². The minimum Gasteiger partial charge on any atom is -0.493 e. The summed E-state index contributed by atoms with van der Waals surface area (Å²) in [6, 6.07) is 44.0. The lowest BCUT2D eigenvalue weighted by Crippen LogP contribution is -2.32. The topological polar surface area (TPSA) is 240 Å². The second-order valence-corrected chi connectivity index (χ2v) is 27.6. The van der Waals surface area contributed by atoms with Crippen LogP contribution in [0.1, 0.15) is 179 Å². The van der Waals surface area contributed by atoms with Crippen molar-refractivity contribution in [1.82, 2.24) is 5.32 Å². The third kappa shape index (κ3) is 24.2. The van der Waals surface area contributed by atoms with Crippen molar-refractivity contribution in [2.75, 3.05) is 75.5 Å². The van der Waals surface area contributed by atoms with Crippen LogP contribution in [0.4, 0.5) is 69.5 Å². The van der Waals surface area contributed by atoms with Gasteiger partial charge in [0, 0.05) is 122 Å². The number of aryl methyl sites for hydroxylation is 4. The number of nitrogens with one attached hydrogen (secondary N) is 9. The van der Waals surface area contributed by atoms with Crippen LogP contribution in [-0.4, -0.2) is 68.8 Å². The van der Waals surface area contributed by atoms with Crippen LogP contribution in [0.5, 0.6) is 23.0 Å². The zero-order valence-corrected chi connectivity index (χ0v) is 61.6. The van der Waals surface area contributed by atoms with Gasteiger partial charge in [0.1, 0.15) is 28.6 Å². The number of fused-ring (bicyclic) bond motifs is 8. The zero-order chi connectivity index (χ0) is 73.3. The molecule has 0 heterocycles. The molecule has 1 aliphatic rings. The number of carbonyl (C=O) groups excluding carboxylic acids is 5. The van der Waals surface area contributed by atoms with Crippen LogP contribution in [0, 0.1) is 27.7 Å². The summed E-state index contributed by atoms with van der Waals surface area (Å²) in [4.78, 5) is 69.5. The van der Waals surface area contributed by atoms with E-state index < -0.39 is 35.8 Å². The van der Waals surface area contributed by atoms with Crippen molar-refractivity contribution in [3.63, 3.8) is 0 Å². The van der Waals surface area contributed by atoms with Gasteiger partial charge >= 0.3 is 30.2 Å². The van der Waals surface area contributed by atoms with E-state index in [1.807, 2.05) is 194 Å². The van der Waals surface area contributed by atoms with E-state index in [2.05, 4.69) is 68.6 Å². The molecule has 0 unspecified atom stereocenters. The quantitative estimate of drug-likeness (QED) is 0.0201. The molecule has 0 saturated heterocycles. The van der Waals surface area contributed by atoms with Crippen molar-refractivity contribution in [2.24, 2.45) is 0 Å². The summed E-state index contributed by atoms with van der Waals surface area (Å²) in [5.74, 6) is 2.34. The van der Waals surface area contributed by atoms with E-state index in [9.17, 15) is 24.0 Å². The predicted octanol–water partition coefficient (Wildman–Crippen LogP) is 20.6. The molecule has 0 aromatic heterocycles. The Balaban J connectivity index is 1.21. The summed E-state index contributed by atoms with van der Waals surface area (Å²) in [5, 5.41) is 27.7. The molecule has 8 aromatic carbocycles. The van der Waals surface area contributed by atoms with Crippen LogP contribution in [-0.2, 0) is 30.4 Å². The van der Waals surface area contributed by atoms with Gasteiger partial charge in [-0.25, -0.2) is 24.0 Å². The van der Waals surface area contributed by atoms with Gasteiger partial charge < -0.3 is 71.5 Å². The van der Waals surface area contributed by atoms with Crippen LogP contribution in [0.25, 0.3) is 0 Å². The van der Waals surface area contributed by atoms with Gasteiger partial charge in [0.05, 0.1) is 26.4 Å². The van der Waals surface area contributed by atoms with Crippen molar-refractivity contribution >= 4 is 75.7 Å². The first-order valence-corrected chi connectivity index (χ1v) is 36.4. The van der Waals surface area contributed by atoms with Gasteiger partial charge in [0.25, 0.3) is 0 Å². The molecule has 8 aromatic rings. The SMILES string of the molecule is CCCOc1c2cc(NC(=O)Nc3ccc(C)cc3)cc1Cc1cc(NC(=O)Nc3ccc(C)cc3)cc(c1OCCC)Cc1cc(NC(=O)Nc3ccc(C)cc3)cc(c1OCCCCCCCCCCNC(=O)OC(C)(C)C)Cc1cc(NC(=O)Nc3ccc(C)cc3)cc(c1OCCC)C2. The molecular formula is C84H103N9O10. The van der Waals surface area contributed by atoms with Crippen LogP contribution in [0.3, 0.4) is 0 Å². The van der Waals surface area contributed by atoms with Gasteiger partial charge in [-0.15, -0.1) is 0 Å². The summed E-state index contributed by atoms with van der Waals surface area (Å²) in [6.45, 7) is 21.7. The first-order chi connectivity index (χ1) is 49.6. The molecule has 1 aliphatic carbocycles.